The van der Waals surface area contributed by atoms with Crippen LogP contribution < -0.4 is 21.1 Å². The third kappa shape index (κ3) is 9.34. The molecule has 10 heteroatoms. The van der Waals surface area contributed by atoms with Crippen molar-refractivity contribution in [2.45, 2.75) is 76.9 Å². The lowest BCUT2D eigenvalue weighted by molar-refractivity contribution is -0.119. The van der Waals surface area contributed by atoms with Gasteiger partial charge in [0.1, 0.15) is 23.0 Å². The van der Waals surface area contributed by atoms with Crippen molar-refractivity contribution in [3.8, 4) is 5.75 Å². The Morgan fingerprint density at radius 3 is 2.47 bits per heavy atom. The fourth-order valence-electron chi connectivity index (χ4n) is 5.80. The lowest BCUT2D eigenvalue weighted by atomic mass is 9.92. The van der Waals surface area contributed by atoms with Gasteiger partial charge in [0.15, 0.2) is 0 Å². The Hall–Kier alpha value is -4.31. The molecule has 0 radical (unpaired) electrons. The first-order valence-electron chi connectivity index (χ1n) is 15.7. The number of anilines is 1. The number of benzene rings is 2. The van der Waals surface area contributed by atoms with E-state index in [9.17, 15) is 18.8 Å². The molecule has 9 nitrogen and oxygen atoms in total. The van der Waals surface area contributed by atoms with Gasteiger partial charge in [-0.25, -0.2) is 9.37 Å². The van der Waals surface area contributed by atoms with Crippen LogP contribution >= 0.6 is 0 Å². The van der Waals surface area contributed by atoms with Gasteiger partial charge in [-0.05, 0) is 68.4 Å². The van der Waals surface area contributed by atoms with Crippen LogP contribution in [0.1, 0.15) is 78.9 Å². The maximum atomic E-state index is 13.7. The summed E-state index contributed by atoms with van der Waals surface area (Å²) < 4.78 is 18.7. The predicted octanol–water partition coefficient (Wildman–Crippen LogP) is 5.36. The van der Waals surface area contributed by atoms with E-state index < -0.39 is 29.7 Å². The van der Waals surface area contributed by atoms with E-state index in [1.54, 1.807) is 13.0 Å². The number of nitrogens with one attached hydrogen (secondary N) is 2. The monoisotopic (exact) mass is 617 g/mol. The van der Waals surface area contributed by atoms with Crippen LogP contribution in [0.15, 0.2) is 66.7 Å². The molecule has 1 aliphatic rings. The molecule has 0 spiro atoms. The highest BCUT2D eigenvalue weighted by atomic mass is 19.1. The molecular formula is C35H44FN5O4. The van der Waals surface area contributed by atoms with Crippen LogP contribution in [0.25, 0.3) is 0 Å². The summed E-state index contributed by atoms with van der Waals surface area (Å²) in [6.07, 6.45) is 5.56. The Kier molecular flexibility index (Phi) is 12.0. The minimum absolute atomic E-state index is 0.0501. The van der Waals surface area contributed by atoms with Crippen LogP contribution in [0.5, 0.6) is 5.75 Å². The molecule has 1 unspecified atom stereocenters. The summed E-state index contributed by atoms with van der Waals surface area (Å²) in [6.45, 7) is 4.53. The molecule has 0 bridgehead atoms. The maximum Gasteiger partial charge on any atom is 0.272 e. The summed E-state index contributed by atoms with van der Waals surface area (Å²) in [5.41, 5.74) is 8.33. The topological polar surface area (TPSA) is 127 Å². The predicted molar refractivity (Wildman–Crippen MR) is 173 cm³/mol. The van der Waals surface area contributed by atoms with Gasteiger partial charge in [0.2, 0.25) is 5.91 Å². The zero-order valence-corrected chi connectivity index (χ0v) is 26.3. The second-order valence-corrected chi connectivity index (χ2v) is 11.8. The van der Waals surface area contributed by atoms with Crippen molar-refractivity contribution in [1.82, 2.24) is 15.2 Å². The molecule has 2 aromatic carbocycles. The van der Waals surface area contributed by atoms with E-state index in [1.807, 2.05) is 35.2 Å². The number of ether oxygens (including phenoxy) is 1. The Morgan fingerprint density at radius 2 is 1.78 bits per heavy atom. The van der Waals surface area contributed by atoms with Crippen molar-refractivity contribution in [1.29, 1.82) is 0 Å². The van der Waals surface area contributed by atoms with E-state index in [0.717, 1.165) is 37.7 Å². The Labute approximate surface area is 264 Å². The quantitative estimate of drug-likeness (QED) is 0.237. The third-order valence-electron chi connectivity index (χ3n) is 8.31. The number of aromatic nitrogens is 1. The van der Waals surface area contributed by atoms with Gasteiger partial charge in [-0.1, -0.05) is 50.6 Å². The standard InChI is InChI=1S/C35H44FN5O4/c1-4-10-27-13-8-9-18-41(27)35(44)32-22-28(45-3)21-31(39-32)34(43)40-30(20-24-11-6-5-7-12-24)29(37)19-23(2)33(42)38-26-16-14-25(36)15-17-26/h5-7,11-12,14-17,21-23,27,29-30H,4,8-10,13,18-20,37H2,1-3H3,(H,38,42)(H,40,43)/t23-,27?,29+,30+/m1/s1. The second kappa shape index (κ2) is 16.1. The number of halogens is 1. The van der Waals surface area contributed by atoms with Crippen LogP contribution in [-0.2, 0) is 11.2 Å². The zero-order chi connectivity index (χ0) is 32.3. The van der Waals surface area contributed by atoms with Crippen LogP contribution in [-0.4, -0.2) is 59.4 Å². The highest BCUT2D eigenvalue weighted by molar-refractivity contribution is 5.97. The van der Waals surface area contributed by atoms with Crippen molar-refractivity contribution in [2.24, 2.45) is 11.7 Å². The van der Waals surface area contributed by atoms with E-state index in [2.05, 4.69) is 22.5 Å². The summed E-state index contributed by atoms with van der Waals surface area (Å²) in [5.74, 6) is -1.50. The summed E-state index contributed by atoms with van der Waals surface area (Å²) in [5, 5.41) is 5.82. The van der Waals surface area contributed by atoms with E-state index >= 15 is 0 Å². The zero-order valence-electron chi connectivity index (χ0n) is 26.3. The van der Waals surface area contributed by atoms with Crippen molar-refractivity contribution >= 4 is 23.4 Å². The fourth-order valence-corrected chi connectivity index (χ4v) is 5.80. The molecular weight excluding hydrogens is 573 g/mol. The van der Waals surface area contributed by atoms with Gasteiger partial charge < -0.3 is 26.0 Å². The molecule has 2 heterocycles. The van der Waals surface area contributed by atoms with Gasteiger partial charge in [-0.2, -0.15) is 0 Å². The van der Waals surface area contributed by atoms with Crippen LogP contribution in [0.3, 0.4) is 0 Å². The number of amides is 3. The molecule has 0 aliphatic carbocycles. The molecule has 3 aromatic rings. The largest absolute Gasteiger partial charge is 0.497 e. The molecule has 3 amide bonds. The van der Waals surface area contributed by atoms with Crippen molar-refractivity contribution in [2.75, 3.05) is 19.0 Å². The minimum Gasteiger partial charge on any atom is -0.497 e. The number of rotatable bonds is 13. The Balaban J connectivity index is 1.52. The first kappa shape index (κ1) is 33.6. The normalized spacial score (nSPS) is 16.7. The van der Waals surface area contributed by atoms with Gasteiger partial charge in [-0.3, -0.25) is 14.4 Å². The van der Waals surface area contributed by atoms with E-state index in [1.165, 1.54) is 37.4 Å². The highest BCUT2D eigenvalue weighted by Crippen LogP contribution is 2.24. The number of likely N-dealkylation sites (tertiary alicyclic amines) is 1. The number of pyridine rings is 1. The number of nitrogens with zero attached hydrogens (tertiary/aromatic N) is 2. The second-order valence-electron chi connectivity index (χ2n) is 11.8. The van der Waals surface area contributed by atoms with Gasteiger partial charge in [0, 0.05) is 48.4 Å². The highest BCUT2D eigenvalue weighted by Gasteiger charge is 2.30. The molecule has 4 atom stereocenters. The lowest BCUT2D eigenvalue weighted by Gasteiger charge is -2.35. The Bertz CT molecular complexity index is 1430. The number of nitrogens with two attached hydrogens (primary N) is 1. The van der Waals surface area contributed by atoms with Crippen molar-refractivity contribution in [3.05, 3.63) is 89.5 Å². The summed E-state index contributed by atoms with van der Waals surface area (Å²) in [4.78, 5) is 46.6. The molecule has 1 fully saturated rings. The summed E-state index contributed by atoms with van der Waals surface area (Å²) in [7, 11) is 1.48. The average molecular weight is 618 g/mol. The maximum absolute atomic E-state index is 13.7. The summed E-state index contributed by atoms with van der Waals surface area (Å²) in [6, 6.07) is 17.2. The molecule has 4 N–H and O–H groups in total. The number of carbonyl (C=O) groups excluding carboxylic acids is 3. The molecule has 0 saturated carbocycles. The first-order chi connectivity index (χ1) is 21.7. The SMILES string of the molecule is CCCC1CCCCN1C(=O)c1cc(OC)cc(C(=O)N[C@@H](Cc2ccccc2)[C@@H](N)C[C@@H](C)C(=O)Nc2ccc(F)cc2)n1. The molecule has 45 heavy (non-hydrogen) atoms. The molecule has 240 valence electrons. The molecule has 1 saturated heterocycles. The first-order valence-corrected chi connectivity index (χ1v) is 15.7. The van der Waals surface area contributed by atoms with Crippen LogP contribution in [0.4, 0.5) is 10.1 Å². The van der Waals surface area contributed by atoms with E-state index in [-0.39, 0.29) is 35.7 Å². The Morgan fingerprint density at radius 1 is 1.07 bits per heavy atom. The van der Waals surface area contributed by atoms with Gasteiger partial charge in [0.05, 0.1) is 7.11 Å². The fraction of sp³-hybridized carbons (Fsp3) is 0.429. The van der Waals surface area contributed by atoms with Crippen LogP contribution in [0, 0.1) is 11.7 Å². The van der Waals surface area contributed by atoms with Crippen molar-refractivity contribution in [3.63, 3.8) is 0 Å². The van der Waals surface area contributed by atoms with E-state index in [0.29, 0.717) is 24.4 Å². The summed E-state index contributed by atoms with van der Waals surface area (Å²) >= 11 is 0. The van der Waals surface area contributed by atoms with Gasteiger partial charge in [0.25, 0.3) is 11.8 Å². The lowest BCUT2D eigenvalue weighted by Crippen LogP contribution is -2.50. The molecule has 4 rings (SSSR count). The number of hydrogen-bond donors (Lipinski definition) is 3. The number of hydrogen-bond acceptors (Lipinski definition) is 6. The van der Waals surface area contributed by atoms with Gasteiger partial charge >= 0.3 is 0 Å². The average Bonchev–Trinajstić information content (AvgIpc) is 3.05. The molecule has 1 aromatic heterocycles. The van der Waals surface area contributed by atoms with E-state index in [4.69, 9.17) is 10.5 Å². The number of carbonyl (C=O) groups is 3. The third-order valence-corrected chi connectivity index (χ3v) is 8.31. The minimum atomic E-state index is -0.599. The van der Waals surface area contributed by atoms with Crippen LogP contribution in [0.2, 0.25) is 0 Å². The smallest absolute Gasteiger partial charge is 0.272 e. The number of piperidine rings is 1. The number of methoxy groups -OCH3 is 1. The molecule has 1 aliphatic heterocycles. The van der Waals surface area contributed by atoms with Crippen molar-refractivity contribution < 1.29 is 23.5 Å². The van der Waals surface area contributed by atoms with Gasteiger partial charge in [-0.15, -0.1) is 0 Å².